The molecule has 0 bridgehead atoms. The van der Waals surface area contributed by atoms with Crippen molar-refractivity contribution < 1.29 is 23.1 Å². The number of rotatable bonds is 3. The molecule has 0 aromatic heterocycles. The Labute approximate surface area is 80.1 Å². The summed E-state index contributed by atoms with van der Waals surface area (Å²) in [4.78, 5) is 11.3. The third-order valence-electron chi connectivity index (χ3n) is 2.50. The smallest absolute Gasteiger partial charge is 0.374 e. The first-order chi connectivity index (χ1) is 6.21. The van der Waals surface area contributed by atoms with Crippen LogP contribution in [0.5, 0.6) is 0 Å². The van der Waals surface area contributed by atoms with Crippen LogP contribution in [0.1, 0.15) is 26.7 Å². The van der Waals surface area contributed by atoms with Crippen LogP contribution < -0.4 is 0 Å². The molecule has 0 radical (unpaired) electrons. The summed E-state index contributed by atoms with van der Waals surface area (Å²) in [6, 6.07) is 0. The Morgan fingerprint density at radius 2 is 1.79 bits per heavy atom. The molecule has 1 fully saturated rings. The molecule has 14 heavy (non-hydrogen) atoms. The van der Waals surface area contributed by atoms with Gasteiger partial charge in [0.15, 0.2) is 5.78 Å². The molecule has 1 aliphatic rings. The Balaban J connectivity index is 2.98. The second-order valence-corrected chi connectivity index (χ2v) is 4.06. The Morgan fingerprint density at radius 3 is 2.00 bits per heavy atom. The van der Waals surface area contributed by atoms with Crippen LogP contribution >= 0.6 is 0 Å². The van der Waals surface area contributed by atoms with Gasteiger partial charge in [0.25, 0.3) is 0 Å². The Bertz CT molecular complexity index is 243. The van der Waals surface area contributed by atoms with Gasteiger partial charge in [-0.1, -0.05) is 13.8 Å². The Kier molecular flexibility index (Phi) is 2.65. The van der Waals surface area contributed by atoms with Gasteiger partial charge in [-0.2, -0.15) is 13.2 Å². The average Bonchev–Trinajstić information content (AvgIpc) is 2.81. The zero-order chi connectivity index (χ0) is 11.1. The van der Waals surface area contributed by atoms with Crippen molar-refractivity contribution in [2.45, 2.75) is 38.5 Å². The van der Waals surface area contributed by atoms with E-state index in [4.69, 9.17) is 0 Å². The predicted molar refractivity (Wildman–Crippen MR) is 43.6 cm³/mol. The van der Waals surface area contributed by atoms with Gasteiger partial charge in [-0.25, -0.2) is 0 Å². The first kappa shape index (κ1) is 11.5. The van der Waals surface area contributed by atoms with E-state index in [2.05, 4.69) is 0 Å². The molecule has 5 heteroatoms. The summed E-state index contributed by atoms with van der Waals surface area (Å²) in [7, 11) is 0. The van der Waals surface area contributed by atoms with Crippen LogP contribution in [-0.2, 0) is 4.79 Å². The fourth-order valence-corrected chi connectivity index (χ4v) is 1.51. The quantitative estimate of drug-likeness (QED) is 0.772. The lowest BCUT2D eigenvalue weighted by atomic mass is 9.85. The standard InChI is InChI=1S/C9H13F3O2/c1-5(2)7(13)8(14,6-3-4-6)9(10,11)12/h5-6,14H,3-4H2,1-2H3. The van der Waals surface area contributed by atoms with Gasteiger partial charge in [-0.05, 0) is 12.8 Å². The lowest BCUT2D eigenvalue weighted by Gasteiger charge is -2.30. The summed E-state index contributed by atoms with van der Waals surface area (Å²) in [6.07, 6.45) is -4.31. The molecule has 0 aromatic carbocycles. The molecule has 1 atom stereocenters. The van der Waals surface area contributed by atoms with Gasteiger partial charge in [-0.15, -0.1) is 0 Å². The lowest BCUT2D eigenvalue weighted by Crippen LogP contribution is -2.55. The zero-order valence-electron chi connectivity index (χ0n) is 8.06. The highest BCUT2D eigenvalue weighted by Crippen LogP contribution is 2.49. The van der Waals surface area contributed by atoms with Crippen LogP contribution in [0.25, 0.3) is 0 Å². The summed E-state index contributed by atoms with van der Waals surface area (Å²) in [5.41, 5.74) is -3.11. The van der Waals surface area contributed by atoms with Crippen LogP contribution in [0.15, 0.2) is 0 Å². The molecule has 0 aromatic rings. The summed E-state index contributed by atoms with van der Waals surface area (Å²) in [6.45, 7) is 2.73. The second-order valence-electron chi connectivity index (χ2n) is 4.06. The summed E-state index contributed by atoms with van der Waals surface area (Å²) < 4.78 is 37.6. The number of alkyl halides is 3. The molecule has 1 unspecified atom stereocenters. The summed E-state index contributed by atoms with van der Waals surface area (Å²) >= 11 is 0. The highest BCUT2D eigenvalue weighted by atomic mass is 19.4. The molecule has 2 nitrogen and oxygen atoms in total. The molecule has 1 saturated carbocycles. The minimum absolute atomic E-state index is 0.272. The van der Waals surface area contributed by atoms with Crippen molar-refractivity contribution in [3.05, 3.63) is 0 Å². The van der Waals surface area contributed by atoms with E-state index in [9.17, 15) is 23.1 Å². The van der Waals surface area contributed by atoms with Crippen LogP contribution in [0.2, 0.25) is 0 Å². The van der Waals surface area contributed by atoms with E-state index in [0.29, 0.717) is 0 Å². The molecule has 0 aliphatic heterocycles. The average molecular weight is 210 g/mol. The number of carbonyl (C=O) groups is 1. The van der Waals surface area contributed by atoms with Crippen LogP contribution in [0.3, 0.4) is 0 Å². The molecule has 0 saturated heterocycles. The van der Waals surface area contributed by atoms with Gasteiger partial charge in [0.05, 0.1) is 0 Å². The lowest BCUT2D eigenvalue weighted by molar-refractivity contribution is -0.259. The van der Waals surface area contributed by atoms with Gasteiger partial charge >= 0.3 is 6.18 Å². The van der Waals surface area contributed by atoms with E-state index in [1.165, 1.54) is 13.8 Å². The number of halogens is 3. The maximum atomic E-state index is 12.5. The van der Waals surface area contributed by atoms with Crippen LogP contribution in [0, 0.1) is 11.8 Å². The van der Waals surface area contributed by atoms with Crippen molar-refractivity contribution in [3.63, 3.8) is 0 Å². The topological polar surface area (TPSA) is 37.3 Å². The maximum Gasteiger partial charge on any atom is 0.424 e. The van der Waals surface area contributed by atoms with Gasteiger partial charge < -0.3 is 5.11 Å². The highest BCUT2D eigenvalue weighted by molar-refractivity contribution is 5.90. The molecule has 1 aliphatic carbocycles. The van der Waals surface area contributed by atoms with Crippen LogP contribution in [0.4, 0.5) is 13.2 Å². The van der Waals surface area contributed by atoms with Crippen molar-refractivity contribution in [1.82, 2.24) is 0 Å². The number of aliphatic hydroxyl groups is 1. The van der Waals surface area contributed by atoms with E-state index < -0.39 is 29.4 Å². The van der Waals surface area contributed by atoms with Crippen molar-refractivity contribution in [1.29, 1.82) is 0 Å². The normalized spacial score (nSPS) is 22.2. The third-order valence-corrected chi connectivity index (χ3v) is 2.50. The molecule has 82 valence electrons. The molecule has 0 amide bonds. The Morgan fingerprint density at radius 1 is 1.36 bits per heavy atom. The van der Waals surface area contributed by atoms with E-state index in [1.54, 1.807) is 0 Å². The van der Waals surface area contributed by atoms with Gasteiger partial charge in [0, 0.05) is 11.8 Å². The van der Waals surface area contributed by atoms with Crippen molar-refractivity contribution >= 4 is 5.78 Å². The summed E-state index contributed by atoms with van der Waals surface area (Å²) in [5.74, 6) is -2.85. The minimum Gasteiger partial charge on any atom is -0.374 e. The monoisotopic (exact) mass is 210 g/mol. The minimum atomic E-state index is -4.85. The first-order valence-corrected chi connectivity index (χ1v) is 4.54. The van der Waals surface area contributed by atoms with Crippen LogP contribution in [-0.4, -0.2) is 22.7 Å². The summed E-state index contributed by atoms with van der Waals surface area (Å²) in [5, 5.41) is 9.45. The molecular weight excluding hydrogens is 197 g/mol. The van der Waals surface area contributed by atoms with Crippen molar-refractivity contribution in [3.8, 4) is 0 Å². The Hall–Kier alpha value is -0.580. The van der Waals surface area contributed by atoms with Gasteiger partial charge in [-0.3, -0.25) is 4.79 Å². The number of ketones is 1. The fraction of sp³-hybridized carbons (Fsp3) is 0.889. The highest BCUT2D eigenvalue weighted by Gasteiger charge is 2.66. The molecule has 0 heterocycles. The maximum absolute atomic E-state index is 12.5. The number of hydrogen-bond donors (Lipinski definition) is 1. The second kappa shape index (κ2) is 3.22. The number of Topliss-reactive ketones (excluding diaryl/α,β-unsaturated/α-hetero) is 1. The largest absolute Gasteiger partial charge is 0.424 e. The molecule has 1 rings (SSSR count). The fourth-order valence-electron chi connectivity index (χ4n) is 1.51. The first-order valence-electron chi connectivity index (χ1n) is 4.54. The van der Waals surface area contributed by atoms with E-state index in [1.807, 2.05) is 0 Å². The van der Waals surface area contributed by atoms with Crippen molar-refractivity contribution in [2.24, 2.45) is 11.8 Å². The number of carbonyl (C=O) groups excluding carboxylic acids is 1. The SMILES string of the molecule is CC(C)C(=O)C(O)(C1CC1)C(F)(F)F. The van der Waals surface area contributed by atoms with Gasteiger partial charge in [0.1, 0.15) is 0 Å². The molecular formula is C9H13F3O2. The van der Waals surface area contributed by atoms with Crippen molar-refractivity contribution in [2.75, 3.05) is 0 Å². The van der Waals surface area contributed by atoms with E-state index >= 15 is 0 Å². The predicted octanol–water partition coefficient (Wildman–Crippen LogP) is 1.91. The van der Waals surface area contributed by atoms with E-state index in [-0.39, 0.29) is 12.8 Å². The molecule has 0 spiro atoms. The molecule has 1 N–H and O–H groups in total. The van der Waals surface area contributed by atoms with E-state index in [0.717, 1.165) is 0 Å². The zero-order valence-corrected chi connectivity index (χ0v) is 8.06. The van der Waals surface area contributed by atoms with Gasteiger partial charge in [0.2, 0.25) is 5.60 Å². The number of hydrogen-bond acceptors (Lipinski definition) is 2. The third kappa shape index (κ3) is 1.65.